The molecular weight excluding hydrogens is 443 g/mol. The second-order valence-corrected chi connectivity index (χ2v) is 7.37. The number of likely N-dealkylation sites (tertiary alicyclic amines) is 1. The lowest BCUT2D eigenvalue weighted by Gasteiger charge is -2.22. The third-order valence-electron chi connectivity index (χ3n) is 4.55. The monoisotopic (exact) mass is 478 g/mol. The van der Waals surface area contributed by atoms with Crippen LogP contribution in [-0.4, -0.2) is 55.2 Å². The number of rotatable bonds is 8. The highest BCUT2D eigenvalue weighted by atomic mass is 127. The standard InChI is InChI=1S/C19H34N4O2.HI/c1-5-20-18(21-12-15(2)13-23-10-6-7-11-23)22-14-19(4,24)17-9-8-16(3)25-17;/h8-9,15,24H,5-7,10-14H2,1-4H3,(H2,20,21,22);1H. The van der Waals surface area contributed by atoms with E-state index in [2.05, 4.69) is 27.4 Å². The minimum Gasteiger partial charge on any atom is -0.463 e. The zero-order valence-corrected chi connectivity index (χ0v) is 18.9. The molecule has 1 fully saturated rings. The largest absolute Gasteiger partial charge is 0.463 e. The fraction of sp³-hybridized carbons (Fsp3) is 0.737. The summed E-state index contributed by atoms with van der Waals surface area (Å²) < 4.78 is 5.55. The summed E-state index contributed by atoms with van der Waals surface area (Å²) in [6, 6.07) is 3.67. The summed E-state index contributed by atoms with van der Waals surface area (Å²) in [7, 11) is 0. The molecule has 1 aliphatic heterocycles. The number of nitrogens with zero attached hydrogens (tertiary/aromatic N) is 2. The lowest BCUT2D eigenvalue weighted by atomic mass is 10.0. The molecule has 7 heteroatoms. The van der Waals surface area contributed by atoms with Crippen molar-refractivity contribution in [2.75, 3.05) is 39.3 Å². The van der Waals surface area contributed by atoms with Crippen molar-refractivity contribution in [1.82, 2.24) is 15.5 Å². The predicted octanol–water partition coefficient (Wildman–Crippen LogP) is 2.70. The van der Waals surface area contributed by atoms with Crippen molar-refractivity contribution in [3.8, 4) is 0 Å². The van der Waals surface area contributed by atoms with Gasteiger partial charge in [0.1, 0.15) is 17.1 Å². The number of halogens is 1. The summed E-state index contributed by atoms with van der Waals surface area (Å²) >= 11 is 0. The highest BCUT2D eigenvalue weighted by Gasteiger charge is 2.26. The summed E-state index contributed by atoms with van der Waals surface area (Å²) in [4.78, 5) is 7.07. The van der Waals surface area contributed by atoms with Crippen LogP contribution in [0.25, 0.3) is 0 Å². The molecule has 6 nitrogen and oxygen atoms in total. The Hall–Kier alpha value is -0.800. The van der Waals surface area contributed by atoms with E-state index in [1.165, 1.54) is 25.9 Å². The molecule has 0 bridgehead atoms. The number of aliphatic imine (C=N–C) groups is 1. The van der Waals surface area contributed by atoms with E-state index in [0.717, 1.165) is 31.4 Å². The maximum absolute atomic E-state index is 10.6. The van der Waals surface area contributed by atoms with Gasteiger partial charge in [-0.2, -0.15) is 0 Å². The van der Waals surface area contributed by atoms with Crippen molar-refractivity contribution in [3.05, 3.63) is 23.7 Å². The van der Waals surface area contributed by atoms with Gasteiger partial charge in [-0.25, -0.2) is 4.99 Å². The van der Waals surface area contributed by atoms with Crippen molar-refractivity contribution in [2.24, 2.45) is 10.9 Å². The van der Waals surface area contributed by atoms with Gasteiger partial charge in [0, 0.05) is 19.6 Å². The molecule has 1 saturated heterocycles. The van der Waals surface area contributed by atoms with Crippen LogP contribution in [0, 0.1) is 12.8 Å². The van der Waals surface area contributed by atoms with E-state index in [-0.39, 0.29) is 30.5 Å². The molecule has 2 heterocycles. The number of furan rings is 1. The van der Waals surface area contributed by atoms with Gasteiger partial charge in [-0.1, -0.05) is 6.92 Å². The molecule has 0 aliphatic carbocycles. The molecule has 1 aromatic rings. The van der Waals surface area contributed by atoms with Gasteiger partial charge < -0.3 is 25.1 Å². The quantitative estimate of drug-likeness (QED) is 0.305. The highest BCUT2D eigenvalue weighted by Crippen LogP contribution is 2.23. The molecule has 0 aromatic carbocycles. The van der Waals surface area contributed by atoms with E-state index in [1.807, 2.05) is 26.0 Å². The zero-order valence-electron chi connectivity index (χ0n) is 16.5. The van der Waals surface area contributed by atoms with Gasteiger partial charge >= 0.3 is 0 Å². The van der Waals surface area contributed by atoms with Crippen LogP contribution < -0.4 is 10.6 Å². The summed E-state index contributed by atoms with van der Waals surface area (Å²) in [5.74, 6) is 2.63. The fourth-order valence-corrected chi connectivity index (χ4v) is 3.12. The van der Waals surface area contributed by atoms with E-state index in [9.17, 15) is 5.11 Å². The Bertz CT molecular complexity index is 553. The van der Waals surface area contributed by atoms with Gasteiger partial charge in [-0.15, -0.1) is 24.0 Å². The van der Waals surface area contributed by atoms with Gasteiger partial charge in [-0.05, 0) is 64.8 Å². The number of aliphatic hydroxyl groups is 1. The molecule has 0 saturated carbocycles. The van der Waals surface area contributed by atoms with E-state index in [4.69, 9.17) is 4.42 Å². The minimum absolute atomic E-state index is 0. The van der Waals surface area contributed by atoms with Crippen molar-refractivity contribution >= 4 is 29.9 Å². The Kier molecular flexibility index (Phi) is 9.95. The Morgan fingerprint density at radius 2 is 2.04 bits per heavy atom. The molecule has 0 amide bonds. The SMILES string of the molecule is CCNC(=NCC(C)(O)c1ccc(C)o1)NCC(C)CN1CCCC1.I. The number of aryl methyl sites for hydroxylation is 1. The van der Waals surface area contributed by atoms with Gasteiger partial charge in [0.2, 0.25) is 0 Å². The molecule has 2 atom stereocenters. The van der Waals surface area contributed by atoms with E-state index in [0.29, 0.717) is 11.7 Å². The lowest BCUT2D eigenvalue weighted by Crippen LogP contribution is -2.42. The maximum Gasteiger partial charge on any atom is 0.191 e. The Morgan fingerprint density at radius 3 is 2.62 bits per heavy atom. The maximum atomic E-state index is 10.6. The Morgan fingerprint density at radius 1 is 1.35 bits per heavy atom. The number of guanidine groups is 1. The van der Waals surface area contributed by atoms with Crippen LogP contribution in [0.1, 0.15) is 45.1 Å². The fourth-order valence-electron chi connectivity index (χ4n) is 3.12. The smallest absolute Gasteiger partial charge is 0.191 e. The minimum atomic E-state index is -1.11. The average molecular weight is 478 g/mol. The van der Waals surface area contributed by atoms with Crippen LogP contribution in [-0.2, 0) is 5.60 Å². The molecule has 1 aromatic heterocycles. The lowest BCUT2D eigenvalue weighted by molar-refractivity contribution is 0.0428. The van der Waals surface area contributed by atoms with Crippen LogP contribution in [0.3, 0.4) is 0 Å². The van der Waals surface area contributed by atoms with Crippen LogP contribution in [0.5, 0.6) is 0 Å². The normalized spacial score (nSPS) is 18.9. The van der Waals surface area contributed by atoms with Crippen LogP contribution in [0.2, 0.25) is 0 Å². The highest BCUT2D eigenvalue weighted by molar-refractivity contribution is 14.0. The van der Waals surface area contributed by atoms with Gasteiger partial charge in [0.25, 0.3) is 0 Å². The first-order chi connectivity index (χ1) is 11.9. The van der Waals surface area contributed by atoms with Crippen molar-refractivity contribution in [1.29, 1.82) is 0 Å². The molecule has 1 aliphatic rings. The third-order valence-corrected chi connectivity index (χ3v) is 4.55. The zero-order chi connectivity index (χ0) is 18.3. The predicted molar refractivity (Wildman–Crippen MR) is 117 cm³/mol. The summed E-state index contributed by atoms with van der Waals surface area (Å²) in [6.45, 7) is 13.4. The molecule has 150 valence electrons. The third kappa shape index (κ3) is 7.44. The van der Waals surface area contributed by atoms with Crippen molar-refractivity contribution in [2.45, 2.75) is 46.1 Å². The van der Waals surface area contributed by atoms with Crippen molar-refractivity contribution in [3.63, 3.8) is 0 Å². The van der Waals surface area contributed by atoms with Gasteiger partial charge in [0.15, 0.2) is 5.96 Å². The van der Waals surface area contributed by atoms with E-state index >= 15 is 0 Å². The molecule has 3 N–H and O–H groups in total. The van der Waals surface area contributed by atoms with Crippen molar-refractivity contribution < 1.29 is 9.52 Å². The summed E-state index contributed by atoms with van der Waals surface area (Å²) in [6.07, 6.45) is 2.65. The Labute approximate surface area is 174 Å². The second kappa shape index (κ2) is 11.1. The molecule has 0 radical (unpaired) electrons. The molecule has 2 unspecified atom stereocenters. The summed E-state index contributed by atoms with van der Waals surface area (Å²) in [5, 5.41) is 17.3. The van der Waals surface area contributed by atoms with Crippen LogP contribution in [0.15, 0.2) is 21.5 Å². The van der Waals surface area contributed by atoms with Crippen LogP contribution in [0.4, 0.5) is 0 Å². The van der Waals surface area contributed by atoms with E-state index in [1.54, 1.807) is 6.92 Å². The number of nitrogens with one attached hydrogen (secondary N) is 2. The van der Waals surface area contributed by atoms with Crippen LogP contribution >= 0.6 is 24.0 Å². The number of hydrogen-bond donors (Lipinski definition) is 3. The summed E-state index contributed by atoms with van der Waals surface area (Å²) in [5.41, 5.74) is -1.11. The van der Waals surface area contributed by atoms with Gasteiger partial charge in [-0.3, -0.25) is 0 Å². The molecular formula is C19H35IN4O2. The molecule has 0 spiro atoms. The topological polar surface area (TPSA) is 73.0 Å². The first-order valence-corrected chi connectivity index (χ1v) is 9.44. The Balaban J connectivity index is 0.00000338. The number of hydrogen-bond acceptors (Lipinski definition) is 4. The molecule has 26 heavy (non-hydrogen) atoms. The average Bonchev–Trinajstić information content (AvgIpc) is 3.22. The first kappa shape index (κ1) is 23.2. The van der Waals surface area contributed by atoms with E-state index < -0.39 is 5.60 Å². The first-order valence-electron chi connectivity index (χ1n) is 9.44. The second-order valence-electron chi connectivity index (χ2n) is 7.37. The molecule has 2 rings (SSSR count). The van der Waals surface area contributed by atoms with Gasteiger partial charge in [0.05, 0.1) is 6.54 Å².